The minimum Gasteiger partial charge on any atom is -0.341 e. The minimum absolute atomic E-state index is 0.344. The number of carbonyl (C=O) groups is 1. The summed E-state index contributed by atoms with van der Waals surface area (Å²) < 4.78 is 0. The Labute approximate surface area is 79.5 Å². The molecule has 2 rings (SSSR count). The predicted octanol–water partition coefficient (Wildman–Crippen LogP) is 0.607. The predicted molar refractivity (Wildman–Crippen MR) is 51.4 cm³/mol. The van der Waals surface area contributed by atoms with Gasteiger partial charge in [0.2, 0.25) is 5.91 Å². The Morgan fingerprint density at radius 1 is 1.46 bits per heavy atom. The van der Waals surface area contributed by atoms with Crippen LogP contribution in [0.3, 0.4) is 0 Å². The van der Waals surface area contributed by atoms with Crippen molar-refractivity contribution < 1.29 is 4.79 Å². The molecule has 1 atom stereocenters. The monoisotopic (exact) mass is 182 g/mol. The third kappa shape index (κ3) is 2.21. The number of hydrogen-bond donors (Lipinski definition) is 1. The lowest BCUT2D eigenvalue weighted by Crippen LogP contribution is -2.38. The highest BCUT2D eigenvalue weighted by Gasteiger charge is 2.29. The molecule has 3 nitrogen and oxygen atoms in total. The van der Waals surface area contributed by atoms with Crippen LogP contribution >= 0.6 is 0 Å². The lowest BCUT2D eigenvalue weighted by Gasteiger charge is -2.23. The van der Waals surface area contributed by atoms with Crippen LogP contribution in [-0.2, 0) is 4.79 Å². The summed E-state index contributed by atoms with van der Waals surface area (Å²) in [5.74, 6) is 1.06. The van der Waals surface area contributed by atoms with Crippen molar-refractivity contribution in [1.29, 1.82) is 0 Å². The number of nitrogens with one attached hydrogen (secondary N) is 1. The first-order valence-corrected chi connectivity index (χ1v) is 5.24. The van der Waals surface area contributed by atoms with Crippen LogP contribution in [0.25, 0.3) is 0 Å². The van der Waals surface area contributed by atoms with Crippen LogP contribution in [-0.4, -0.2) is 37.0 Å². The summed E-state index contributed by atoms with van der Waals surface area (Å²) in [5, 5.41) is 3.28. The molecule has 0 spiro atoms. The molecule has 3 heteroatoms. The van der Waals surface area contributed by atoms with Crippen molar-refractivity contribution in [3.63, 3.8) is 0 Å². The van der Waals surface area contributed by atoms with Gasteiger partial charge in [-0.1, -0.05) is 0 Å². The molecule has 1 saturated carbocycles. The van der Waals surface area contributed by atoms with Crippen LogP contribution in [0, 0.1) is 5.92 Å². The highest BCUT2D eigenvalue weighted by molar-refractivity contribution is 5.76. The standard InChI is InChI=1S/C10H18N2O/c1-12(9-4-5-11-7-9)10(13)6-8-2-3-8/h8-9,11H,2-7H2,1H3/t9-/m1/s1. The van der Waals surface area contributed by atoms with E-state index in [1.807, 2.05) is 11.9 Å². The molecule has 1 saturated heterocycles. The van der Waals surface area contributed by atoms with Gasteiger partial charge in [0.15, 0.2) is 0 Å². The first kappa shape index (κ1) is 9.00. The van der Waals surface area contributed by atoms with Gasteiger partial charge in [0, 0.05) is 26.1 Å². The Morgan fingerprint density at radius 3 is 2.77 bits per heavy atom. The van der Waals surface area contributed by atoms with E-state index in [-0.39, 0.29) is 0 Å². The molecule has 1 heterocycles. The summed E-state index contributed by atoms with van der Waals surface area (Å²) in [5.41, 5.74) is 0. The van der Waals surface area contributed by atoms with Crippen molar-refractivity contribution in [2.24, 2.45) is 5.92 Å². The first-order chi connectivity index (χ1) is 6.27. The van der Waals surface area contributed by atoms with E-state index in [0.717, 1.165) is 25.9 Å². The normalized spacial score (nSPS) is 27.6. The van der Waals surface area contributed by atoms with Crippen LogP contribution in [0.4, 0.5) is 0 Å². The van der Waals surface area contributed by atoms with Gasteiger partial charge in [-0.05, 0) is 31.7 Å². The summed E-state index contributed by atoms with van der Waals surface area (Å²) in [6, 6.07) is 0.450. The smallest absolute Gasteiger partial charge is 0.222 e. The first-order valence-electron chi connectivity index (χ1n) is 5.24. The molecule has 74 valence electrons. The molecule has 1 N–H and O–H groups in total. The van der Waals surface area contributed by atoms with Crippen LogP contribution in [0.15, 0.2) is 0 Å². The zero-order valence-electron chi connectivity index (χ0n) is 8.25. The molecule has 1 amide bonds. The second kappa shape index (κ2) is 3.66. The summed E-state index contributed by atoms with van der Waals surface area (Å²) in [6.45, 7) is 2.04. The highest BCUT2D eigenvalue weighted by Crippen LogP contribution is 2.33. The Kier molecular flexibility index (Phi) is 2.54. The van der Waals surface area contributed by atoms with Crippen LogP contribution < -0.4 is 5.32 Å². The number of rotatable bonds is 3. The third-order valence-electron chi connectivity index (χ3n) is 3.14. The number of carbonyl (C=O) groups excluding carboxylic acids is 1. The van der Waals surface area contributed by atoms with Crippen molar-refractivity contribution in [3.05, 3.63) is 0 Å². The van der Waals surface area contributed by atoms with Crippen molar-refractivity contribution in [2.45, 2.75) is 31.7 Å². The molecule has 0 unspecified atom stereocenters. The van der Waals surface area contributed by atoms with E-state index >= 15 is 0 Å². The van der Waals surface area contributed by atoms with E-state index in [9.17, 15) is 4.79 Å². The van der Waals surface area contributed by atoms with E-state index in [0.29, 0.717) is 17.9 Å². The molecular formula is C10H18N2O. The van der Waals surface area contributed by atoms with Crippen molar-refractivity contribution in [1.82, 2.24) is 10.2 Å². The maximum Gasteiger partial charge on any atom is 0.222 e. The van der Waals surface area contributed by atoms with E-state index in [1.165, 1.54) is 12.8 Å². The molecule has 0 aromatic carbocycles. The minimum atomic E-state index is 0.344. The quantitative estimate of drug-likeness (QED) is 0.693. The SMILES string of the molecule is CN(C(=O)CC1CC1)[C@@H]1CCNC1. The molecule has 2 fully saturated rings. The zero-order chi connectivity index (χ0) is 9.26. The second-order valence-corrected chi connectivity index (χ2v) is 4.30. The van der Waals surface area contributed by atoms with Gasteiger partial charge in [0.25, 0.3) is 0 Å². The summed E-state index contributed by atoms with van der Waals surface area (Å²) in [6.07, 6.45) is 4.44. The molecule has 0 aromatic rings. The van der Waals surface area contributed by atoms with Gasteiger partial charge in [-0.25, -0.2) is 0 Å². The van der Waals surface area contributed by atoms with Gasteiger partial charge < -0.3 is 10.2 Å². The number of nitrogens with zero attached hydrogens (tertiary/aromatic N) is 1. The fraction of sp³-hybridized carbons (Fsp3) is 0.900. The van der Waals surface area contributed by atoms with Gasteiger partial charge in [-0.3, -0.25) is 4.79 Å². The third-order valence-corrected chi connectivity index (χ3v) is 3.14. The van der Waals surface area contributed by atoms with Crippen LogP contribution in [0.5, 0.6) is 0 Å². The van der Waals surface area contributed by atoms with E-state index in [1.54, 1.807) is 0 Å². The maximum atomic E-state index is 11.7. The molecule has 0 aromatic heterocycles. The van der Waals surface area contributed by atoms with Gasteiger partial charge >= 0.3 is 0 Å². The van der Waals surface area contributed by atoms with Gasteiger partial charge in [0.05, 0.1) is 0 Å². The topological polar surface area (TPSA) is 32.3 Å². The fourth-order valence-electron chi connectivity index (χ4n) is 1.89. The number of amides is 1. The van der Waals surface area contributed by atoms with Crippen molar-refractivity contribution in [2.75, 3.05) is 20.1 Å². The summed E-state index contributed by atoms with van der Waals surface area (Å²) >= 11 is 0. The molecule has 0 bridgehead atoms. The molecule has 1 aliphatic heterocycles. The number of hydrogen-bond acceptors (Lipinski definition) is 2. The fourth-order valence-corrected chi connectivity index (χ4v) is 1.89. The van der Waals surface area contributed by atoms with Crippen molar-refractivity contribution >= 4 is 5.91 Å². The van der Waals surface area contributed by atoms with E-state index < -0.39 is 0 Å². The van der Waals surface area contributed by atoms with E-state index in [4.69, 9.17) is 0 Å². The summed E-state index contributed by atoms with van der Waals surface area (Å²) in [4.78, 5) is 13.6. The van der Waals surface area contributed by atoms with Crippen LogP contribution in [0.1, 0.15) is 25.7 Å². The zero-order valence-corrected chi connectivity index (χ0v) is 8.25. The largest absolute Gasteiger partial charge is 0.341 e. The Morgan fingerprint density at radius 2 is 2.23 bits per heavy atom. The summed E-state index contributed by atoms with van der Waals surface area (Å²) in [7, 11) is 1.95. The van der Waals surface area contributed by atoms with Gasteiger partial charge in [0.1, 0.15) is 0 Å². The maximum absolute atomic E-state index is 11.7. The molecule has 0 radical (unpaired) electrons. The Hall–Kier alpha value is -0.570. The van der Waals surface area contributed by atoms with Crippen molar-refractivity contribution in [3.8, 4) is 0 Å². The van der Waals surface area contributed by atoms with Crippen LogP contribution in [0.2, 0.25) is 0 Å². The highest BCUT2D eigenvalue weighted by atomic mass is 16.2. The molecule has 13 heavy (non-hydrogen) atoms. The lowest BCUT2D eigenvalue weighted by atomic mass is 10.2. The number of likely N-dealkylation sites (N-methyl/N-ethyl adjacent to an activating group) is 1. The average Bonchev–Trinajstić information content (AvgIpc) is 2.78. The average molecular weight is 182 g/mol. The Balaban J connectivity index is 1.79. The molecule has 2 aliphatic rings. The van der Waals surface area contributed by atoms with E-state index in [2.05, 4.69) is 5.32 Å². The molecule has 1 aliphatic carbocycles. The second-order valence-electron chi connectivity index (χ2n) is 4.30. The molecular weight excluding hydrogens is 164 g/mol. The Bertz CT molecular complexity index is 195. The lowest BCUT2D eigenvalue weighted by molar-refractivity contribution is -0.132. The van der Waals surface area contributed by atoms with Gasteiger partial charge in [-0.2, -0.15) is 0 Å². The van der Waals surface area contributed by atoms with Gasteiger partial charge in [-0.15, -0.1) is 0 Å².